The summed E-state index contributed by atoms with van der Waals surface area (Å²) in [5.74, 6) is 0.872. The molecule has 1 aliphatic carbocycles. The third-order valence-electron chi connectivity index (χ3n) is 3.26. The Labute approximate surface area is 113 Å². The van der Waals surface area contributed by atoms with Crippen LogP contribution in [-0.2, 0) is 4.74 Å². The lowest BCUT2D eigenvalue weighted by Gasteiger charge is -2.08. The summed E-state index contributed by atoms with van der Waals surface area (Å²) in [6, 6.07) is 4.76. The molecule has 0 spiro atoms. The SMILES string of the molecule is Cc1cc(O)ccc1C(=O)NCCCOCC1CC1. The Kier molecular flexibility index (Phi) is 4.80. The molecule has 1 fully saturated rings. The van der Waals surface area contributed by atoms with Gasteiger partial charge in [0.25, 0.3) is 5.91 Å². The number of aryl methyl sites for hydroxylation is 1. The van der Waals surface area contributed by atoms with E-state index in [2.05, 4.69) is 5.32 Å². The highest BCUT2D eigenvalue weighted by Crippen LogP contribution is 2.28. The van der Waals surface area contributed by atoms with Crippen LogP contribution in [0.1, 0.15) is 35.2 Å². The minimum Gasteiger partial charge on any atom is -0.508 e. The normalized spacial score (nSPS) is 14.4. The third-order valence-corrected chi connectivity index (χ3v) is 3.26. The molecule has 0 radical (unpaired) electrons. The second-order valence-corrected chi connectivity index (χ2v) is 5.13. The number of phenolic OH excluding ortho intramolecular Hbond substituents is 1. The number of rotatable bonds is 7. The van der Waals surface area contributed by atoms with Gasteiger partial charge in [0, 0.05) is 25.3 Å². The smallest absolute Gasteiger partial charge is 0.251 e. The molecule has 2 rings (SSSR count). The van der Waals surface area contributed by atoms with Crippen molar-refractivity contribution in [3.05, 3.63) is 29.3 Å². The highest BCUT2D eigenvalue weighted by atomic mass is 16.5. The molecule has 19 heavy (non-hydrogen) atoms. The highest BCUT2D eigenvalue weighted by molar-refractivity contribution is 5.95. The molecular formula is C15H21NO3. The van der Waals surface area contributed by atoms with Crippen molar-refractivity contribution in [1.82, 2.24) is 5.32 Å². The molecule has 1 aliphatic rings. The molecule has 1 aromatic carbocycles. The van der Waals surface area contributed by atoms with Crippen molar-refractivity contribution in [2.45, 2.75) is 26.2 Å². The average molecular weight is 263 g/mol. The highest BCUT2D eigenvalue weighted by Gasteiger charge is 2.20. The first kappa shape index (κ1) is 13.9. The maximum atomic E-state index is 11.9. The van der Waals surface area contributed by atoms with Crippen LogP contribution < -0.4 is 5.32 Å². The molecule has 0 bridgehead atoms. The number of hydrogen-bond acceptors (Lipinski definition) is 3. The van der Waals surface area contributed by atoms with Gasteiger partial charge in [-0.05, 0) is 55.9 Å². The molecule has 4 nitrogen and oxygen atoms in total. The van der Waals surface area contributed by atoms with E-state index in [1.54, 1.807) is 12.1 Å². The largest absolute Gasteiger partial charge is 0.508 e. The van der Waals surface area contributed by atoms with Crippen LogP contribution in [-0.4, -0.2) is 30.8 Å². The van der Waals surface area contributed by atoms with E-state index in [0.717, 1.165) is 24.5 Å². The van der Waals surface area contributed by atoms with Gasteiger partial charge < -0.3 is 15.2 Å². The first-order valence-electron chi connectivity index (χ1n) is 6.82. The fraction of sp³-hybridized carbons (Fsp3) is 0.533. The molecular weight excluding hydrogens is 242 g/mol. The van der Waals surface area contributed by atoms with E-state index in [0.29, 0.717) is 18.7 Å². The van der Waals surface area contributed by atoms with Crippen LogP contribution in [0.15, 0.2) is 18.2 Å². The maximum absolute atomic E-state index is 11.9. The molecule has 0 aromatic heterocycles. The summed E-state index contributed by atoms with van der Waals surface area (Å²) in [7, 11) is 0. The van der Waals surface area contributed by atoms with Crippen molar-refractivity contribution < 1.29 is 14.6 Å². The average Bonchev–Trinajstić information content (AvgIpc) is 3.17. The quantitative estimate of drug-likeness (QED) is 0.742. The Hall–Kier alpha value is -1.55. The summed E-state index contributed by atoms with van der Waals surface area (Å²) in [5.41, 5.74) is 1.39. The molecule has 2 N–H and O–H groups in total. The lowest BCUT2D eigenvalue weighted by molar-refractivity contribution is 0.0937. The number of hydrogen-bond donors (Lipinski definition) is 2. The molecule has 0 atom stereocenters. The lowest BCUT2D eigenvalue weighted by Crippen LogP contribution is -2.26. The predicted octanol–water partition coefficient (Wildman–Crippen LogP) is 2.25. The monoisotopic (exact) mass is 263 g/mol. The Bertz CT molecular complexity index is 441. The van der Waals surface area contributed by atoms with E-state index in [-0.39, 0.29) is 11.7 Å². The molecule has 1 amide bonds. The molecule has 1 saturated carbocycles. The van der Waals surface area contributed by atoms with Gasteiger partial charge >= 0.3 is 0 Å². The van der Waals surface area contributed by atoms with Crippen LogP contribution in [0.3, 0.4) is 0 Å². The number of phenols is 1. The van der Waals surface area contributed by atoms with E-state index in [4.69, 9.17) is 4.74 Å². The molecule has 104 valence electrons. The zero-order valence-corrected chi connectivity index (χ0v) is 11.3. The van der Waals surface area contributed by atoms with E-state index < -0.39 is 0 Å². The van der Waals surface area contributed by atoms with Gasteiger partial charge in [0.2, 0.25) is 0 Å². The summed E-state index contributed by atoms with van der Waals surface area (Å²) in [4.78, 5) is 11.9. The zero-order valence-electron chi connectivity index (χ0n) is 11.3. The molecule has 4 heteroatoms. The molecule has 0 aliphatic heterocycles. The number of amides is 1. The minimum absolute atomic E-state index is 0.0975. The van der Waals surface area contributed by atoms with Gasteiger partial charge in [0.05, 0.1) is 0 Å². The molecule has 0 saturated heterocycles. The van der Waals surface area contributed by atoms with Crippen molar-refractivity contribution in [1.29, 1.82) is 0 Å². The number of nitrogens with one attached hydrogen (secondary N) is 1. The standard InChI is InChI=1S/C15H21NO3/c1-11-9-13(17)5-6-14(11)15(18)16-7-2-8-19-10-12-3-4-12/h5-6,9,12,17H,2-4,7-8,10H2,1H3,(H,16,18). The molecule has 0 heterocycles. The predicted molar refractivity (Wildman–Crippen MR) is 73.3 cm³/mol. The van der Waals surface area contributed by atoms with E-state index in [9.17, 15) is 9.90 Å². The third kappa shape index (κ3) is 4.56. The van der Waals surface area contributed by atoms with E-state index in [1.807, 2.05) is 6.92 Å². The summed E-state index contributed by atoms with van der Waals surface area (Å²) in [6.07, 6.45) is 3.43. The fourth-order valence-corrected chi connectivity index (χ4v) is 1.91. The topological polar surface area (TPSA) is 58.6 Å². The number of aromatic hydroxyl groups is 1. The number of ether oxygens (including phenoxy) is 1. The summed E-state index contributed by atoms with van der Waals surface area (Å²) >= 11 is 0. The van der Waals surface area contributed by atoms with Gasteiger partial charge in [-0.3, -0.25) is 4.79 Å². The minimum atomic E-state index is -0.0975. The zero-order chi connectivity index (χ0) is 13.7. The maximum Gasteiger partial charge on any atom is 0.251 e. The van der Waals surface area contributed by atoms with Gasteiger partial charge in [0.15, 0.2) is 0 Å². The van der Waals surface area contributed by atoms with Gasteiger partial charge in [-0.2, -0.15) is 0 Å². The summed E-state index contributed by atoms with van der Waals surface area (Å²) < 4.78 is 5.50. The van der Waals surface area contributed by atoms with Gasteiger partial charge in [-0.1, -0.05) is 0 Å². The van der Waals surface area contributed by atoms with Crippen molar-refractivity contribution in [2.24, 2.45) is 5.92 Å². The van der Waals surface area contributed by atoms with Crippen LogP contribution in [0.2, 0.25) is 0 Å². The second-order valence-electron chi connectivity index (χ2n) is 5.13. The van der Waals surface area contributed by atoms with E-state index in [1.165, 1.54) is 18.9 Å². The van der Waals surface area contributed by atoms with Gasteiger partial charge in [0.1, 0.15) is 5.75 Å². The van der Waals surface area contributed by atoms with Crippen LogP contribution >= 0.6 is 0 Å². The Morgan fingerprint density at radius 3 is 2.95 bits per heavy atom. The van der Waals surface area contributed by atoms with Crippen molar-refractivity contribution in [3.63, 3.8) is 0 Å². The van der Waals surface area contributed by atoms with Crippen LogP contribution in [0.5, 0.6) is 5.75 Å². The number of carbonyl (C=O) groups is 1. The Morgan fingerprint density at radius 2 is 2.26 bits per heavy atom. The van der Waals surface area contributed by atoms with E-state index >= 15 is 0 Å². The summed E-state index contributed by atoms with van der Waals surface area (Å²) in [5, 5.41) is 12.2. The number of benzene rings is 1. The van der Waals surface area contributed by atoms with Crippen LogP contribution in [0.4, 0.5) is 0 Å². The van der Waals surface area contributed by atoms with Crippen molar-refractivity contribution in [2.75, 3.05) is 19.8 Å². The lowest BCUT2D eigenvalue weighted by atomic mass is 10.1. The molecule has 0 unspecified atom stereocenters. The first-order valence-corrected chi connectivity index (χ1v) is 6.82. The van der Waals surface area contributed by atoms with Gasteiger partial charge in [-0.15, -0.1) is 0 Å². The van der Waals surface area contributed by atoms with Crippen molar-refractivity contribution >= 4 is 5.91 Å². The van der Waals surface area contributed by atoms with Crippen LogP contribution in [0.25, 0.3) is 0 Å². The fourth-order valence-electron chi connectivity index (χ4n) is 1.91. The number of carbonyl (C=O) groups excluding carboxylic acids is 1. The second kappa shape index (κ2) is 6.57. The van der Waals surface area contributed by atoms with Crippen molar-refractivity contribution in [3.8, 4) is 5.75 Å². The summed E-state index contributed by atoms with van der Waals surface area (Å²) in [6.45, 7) is 3.99. The first-order chi connectivity index (χ1) is 9.16. The Morgan fingerprint density at radius 1 is 1.47 bits per heavy atom. The molecule has 1 aromatic rings. The van der Waals surface area contributed by atoms with Gasteiger partial charge in [-0.25, -0.2) is 0 Å². The Balaban J connectivity index is 1.65. The van der Waals surface area contributed by atoms with Crippen LogP contribution in [0, 0.1) is 12.8 Å².